The van der Waals surface area contributed by atoms with E-state index >= 15 is 0 Å². The zero-order valence-electron chi connectivity index (χ0n) is 23.1. The molecule has 2 atom stereocenters. The van der Waals surface area contributed by atoms with Gasteiger partial charge in [0.05, 0.1) is 23.6 Å². The number of hydrogen-bond acceptors (Lipinski definition) is 9. The Morgan fingerprint density at radius 2 is 2.08 bits per heavy atom. The number of nitrogens with zero attached hydrogens (tertiary/aromatic N) is 5. The number of nitrogens with one attached hydrogen (secondary N) is 3. The van der Waals surface area contributed by atoms with Gasteiger partial charge in [0.25, 0.3) is 5.91 Å². The fourth-order valence-electron chi connectivity index (χ4n) is 5.14. The lowest BCUT2D eigenvalue weighted by Crippen LogP contribution is -2.50. The molecular weight excluding hydrogens is 528 g/mol. The number of allylic oxidation sites excluding steroid dienone is 1. The number of rotatable bonds is 7. The number of hydrogen-bond donors (Lipinski definition) is 3. The Labute approximate surface area is 235 Å². The number of carbonyl (C=O) groups is 1. The third-order valence-corrected chi connectivity index (χ3v) is 7.70. The summed E-state index contributed by atoms with van der Waals surface area (Å²) in [6.07, 6.45) is 8.92. The second-order valence-electron chi connectivity index (χ2n) is 10.3. The lowest BCUT2D eigenvalue weighted by molar-refractivity contribution is -0.131. The van der Waals surface area contributed by atoms with Crippen molar-refractivity contribution in [2.75, 3.05) is 18.1 Å². The maximum Gasteiger partial charge on any atom is 0.254 e. The zero-order chi connectivity index (χ0) is 29.0. The van der Waals surface area contributed by atoms with Crippen molar-refractivity contribution < 1.29 is 13.2 Å². The third-order valence-electron chi connectivity index (χ3n) is 7.11. The Morgan fingerprint density at radius 1 is 1.30 bits per heavy atom. The first-order valence-corrected chi connectivity index (χ1v) is 14.9. The molecule has 3 N–H and O–H groups in total. The van der Waals surface area contributed by atoms with E-state index < -0.39 is 10.0 Å². The lowest BCUT2D eigenvalue weighted by atomic mass is 9.96. The first-order valence-electron chi connectivity index (χ1n) is 13.1. The monoisotopic (exact) mass is 562 g/mol. The lowest BCUT2D eigenvalue weighted by Gasteiger charge is -2.41. The molecule has 2 aromatic rings. The van der Waals surface area contributed by atoms with E-state index in [1.807, 2.05) is 32.2 Å². The minimum Gasteiger partial charge on any atom is -0.336 e. The highest BCUT2D eigenvalue weighted by molar-refractivity contribution is 7.89. The molecule has 1 fully saturated rings. The van der Waals surface area contributed by atoms with E-state index in [4.69, 9.17) is 10.4 Å². The summed E-state index contributed by atoms with van der Waals surface area (Å²) in [6.45, 7) is 7.65. The average molecular weight is 563 g/mol. The molecule has 0 bridgehead atoms. The average Bonchev–Trinajstić information content (AvgIpc) is 3.31. The molecule has 0 aliphatic carbocycles. The van der Waals surface area contributed by atoms with Gasteiger partial charge in [-0.1, -0.05) is 18.2 Å². The molecule has 2 aliphatic rings. The van der Waals surface area contributed by atoms with Crippen molar-refractivity contribution in [2.24, 2.45) is 0 Å². The first kappa shape index (κ1) is 28.9. The fraction of sp³-hybridized carbons (Fsp3) is 0.393. The van der Waals surface area contributed by atoms with Crippen molar-refractivity contribution in [1.29, 1.82) is 10.7 Å². The molecule has 1 amide bonds. The molecule has 1 aromatic heterocycles. The van der Waals surface area contributed by atoms with Crippen LogP contribution >= 0.6 is 0 Å². The maximum atomic E-state index is 13.3. The summed E-state index contributed by atoms with van der Waals surface area (Å²) in [6, 6.07) is 8.00. The summed E-state index contributed by atoms with van der Waals surface area (Å²) in [5.74, 6) is -0.100. The van der Waals surface area contributed by atoms with E-state index in [9.17, 15) is 18.5 Å². The Kier molecular flexibility index (Phi) is 8.66. The van der Waals surface area contributed by atoms with Gasteiger partial charge in [0, 0.05) is 54.7 Å². The van der Waals surface area contributed by atoms with Crippen LogP contribution in [-0.2, 0) is 27.9 Å². The Bertz CT molecular complexity index is 1530. The van der Waals surface area contributed by atoms with Crippen LogP contribution in [0.15, 0.2) is 48.2 Å². The predicted molar refractivity (Wildman–Crippen MR) is 153 cm³/mol. The largest absolute Gasteiger partial charge is 0.336 e. The quantitative estimate of drug-likeness (QED) is 0.201. The highest BCUT2D eigenvalue weighted by atomic mass is 32.2. The fourth-order valence-corrected chi connectivity index (χ4v) is 5.60. The van der Waals surface area contributed by atoms with Crippen molar-refractivity contribution in [2.45, 2.75) is 58.8 Å². The van der Waals surface area contributed by atoms with Crippen LogP contribution in [0.2, 0.25) is 0 Å². The number of nitriles is 1. The molecule has 0 unspecified atom stereocenters. The highest BCUT2D eigenvalue weighted by Crippen LogP contribution is 2.31. The minimum absolute atomic E-state index is 0.0418. The van der Waals surface area contributed by atoms with Crippen LogP contribution in [0.5, 0.6) is 0 Å². The van der Waals surface area contributed by atoms with E-state index in [2.05, 4.69) is 26.0 Å². The van der Waals surface area contributed by atoms with Gasteiger partial charge in [-0.2, -0.15) is 5.26 Å². The number of piperidine rings is 1. The van der Waals surface area contributed by atoms with Crippen LogP contribution < -0.4 is 10.0 Å². The molecule has 0 radical (unpaired) electrons. The number of likely N-dealkylation sites (tertiary alicyclic amines) is 1. The number of anilines is 2. The molecule has 2 aliphatic heterocycles. The first-order chi connectivity index (χ1) is 19.0. The number of fused-ring (bicyclic) bond motifs is 1. The van der Waals surface area contributed by atoms with Gasteiger partial charge in [-0.25, -0.2) is 18.4 Å². The molecule has 1 saturated heterocycles. The number of aromatic nitrogens is 2. The summed E-state index contributed by atoms with van der Waals surface area (Å²) >= 11 is 0. The molecule has 0 saturated carbocycles. The van der Waals surface area contributed by atoms with Crippen molar-refractivity contribution in [3.05, 3.63) is 70.6 Å². The van der Waals surface area contributed by atoms with Crippen molar-refractivity contribution >= 4 is 33.4 Å². The van der Waals surface area contributed by atoms with Crippen LogP contribution in [0.3, 0.4) is 0 Å². The summed E-state index contributed by atoms with van der Waals surface area (Å²) < 4.78 is 25.0. The smallest absolute Gasteiger partial charge is 0.254 e. The number of aryl methyl sites for hydroxylation is 1. The third kappa shape index (κ3) is 6.91. The van der Waals surface area contributed by atoms with E-state index in [1.165, 1.54) is 6.08 Å². The highest BCUT2D eigenvalue weighted by Gasteiger charge is 2.35. The Hall–Kier alpha value is -4.08. The normalized spacial score (nSPS) is 19.8. The van der Waals surface area contributed by atoms with Gasteiger partial charge in [0.2, 0.25) is 16.0 Å². The number of carbonyl (C=O) groups excluding carboxylic acids is 1. The van der Waals surface area contributed by atoms with Crippen LogP contribution in [-0.4, -0.2) is 64.8 Å². The van der Waals surface area contributed by atoms with Gasteiger partial charge < -0.3 is 10.2 Å². The molecule has 1 aromatic carbocycles. The minimum atomic E-state index is -3.61. The van der Waals surface area contributed by atoms with E-state index in [-0.39, 0.29) is 29.4 Å². The van der Waals surface area contributed by atoms with Crippen molar-refractivity contribution in [1.82, 2.24) is 24.5 Å². The van der Waals surface area contributed by atoms with Crippen LogP contribution in [0.1, 0.15) is 49.1 Å². The van der Waals surface area contributed by atoms with Crippen molar-refractivity contribution in [3.8, 4) is 6.07 Å². The van der Waals surface area contributed by atoms with Crippen LogP contribution in [0, 0.1) is 23.7 Å². The number of sulfonamides is 1. The molecule has 12 heteroatoms. The zero-order valence-corrected chi connectivity index (χ0v) is 23.9. The summed E-state index contributed by atoms with van der Waals surface area (Å²) in [7, 11) is -3.61. The topological polar surface area (TPSA) is 155 Å². The van der Waals surface area contributed by atoms with Gasteiger partial charge in [-0.05, 0) is 57.4 Å². The molecule has 4 rings (SSSR count). The Balaban J connectivity index is 1.39. The van der Waals surface area contributed by atoms with Gasteiger partial charge in [0.1, 0.15) is 5.84 Å². The van der Waals surface area contributed by atoms with E-state index in [1.54, 1.807) is 30.0 Å². The molecule has 3 heterocycles. The molecule has 40 heavy (non-hydrogen) atoms. The maximum absolute atomic E-state index is 13.3. The Morgan fingerprint density at radius 3 is 2.75 bits per heavy atom. The summed E-state index contributed by atoms with van der Waals surface area (Å²) in [5.41, 5.74) is 4.58. The standard InChI is InChI=1S/C28H34N8O3S/c1-5-6-20(13-26(30)34-40(4,38)39)27(37)36-10-9-24(11-19(36)3)35-16-22-15-31-28(33-25(22)17-35)32-23-8-7-18(2)21(12-23)14-29/h5-8,12-13,15,19,24H,9-11,16-17H2,1-4H3,(H2,30,34)(H,31,32,33)/b6-5-,20-13+/t19-,24+/m1/s1. The molecular formula is C28H34N8O3S. The number of benzene rings is 1. The van der Waals surface area contributed by atoms with Crippen molar-refractivity contribution in [3.63, 3.8) is 0 Å². The van der Waals surface area contributed by atoms with Gasteiger partial charge in [-0.15, -0.1) is 0 Å². The number of amidine groups is 1. The van der Waals surface area contributed by atoms with E-state index in [0.717, 1.165) is 48.2 Å². The molecule has 0 spiro atoms. The summed E-state index contributed by atoms with van der Waals surface area (Å²) in [5, 5.41) is 20.4. The SMILES string of the molecule is C/C=C\C(=C/C(=N)NS(C)(=O)=O)C(=O)N1CC[C@H](N2Cc3cnc(Nc4ccc(C)c(C#N)c4)nc3C2)C[C@H]1C. The van der Waals surface area contributed by atoms with Gasteiger partial charge in [0.15, 0.2) is 0 Å². The second kappa shape index (κ2) is 12.0. The second-order valence-corrected chi connectivity index (χ2v) is 12.0. The van der Waals surface area contributed by atoms with Gasteiger partial charge >= 0.3 is 0 Å². The number of amides is 1. The predicted octanol–water partition coefficient (Wildman–Crippen LogP) is 3.12. The molecule has 11 nitrogen and oxygen atoms in total. The van der Waals surface area contributed by atoms with Gasteiger partial charge in [-0.3, -0.25) is 19.8 Å². The summed E-state index contributed by atoms with van der Waals surface area (Å²) in [4.78, 5) is 26.7. The molecule has 210 valence electrons. The van der Waals surface area contributed by atoms with E-state index in [0.29, 0.717) is 24.6 Å². The van der Waals surface area contributed by atoms with Crippen LogP contribution in [0.25, 0.3) is 0 Å². The van der Waals surface area contributed by atoms with Crippen LogP contribution in [0.4, 0.5) is 11.6 Å².